The first-order valence-electron chi connectivity index (χ1n) is 9.39. The van der Waals surface area contributed by atoms with E-state index in [0.29, 0.717) is 41.3 Å². The molecule has 1 amide bonds. The normalized spacial score (nSPS) is 25.7. The molecule has 3 atom stereocenters. The van der Waals surface area contributed by atoms with Gasteiger partial charge in [0, 0.05) is 24.8 Å². The minimum atomic E-state index is -1.10. The zero-order valence-electron chi connectivity index (χ0n) is 15.6. The molecule has 0 radical (unpaired) electrons. The van der Waals surface area contributed by atoms with Crippen molar-refractivity contribution in [2.75, 3.05) is 12.4 Å². The number of allylic oxidation sites excluding steroid dienone is 1. The lowest BCUT2D eigenvalue weighted by molar-refractivity contribution is -0.123. The molecule has 0 bridgehead atoms. The van der Waals surface area contributed by atoms with E-state index in [2.05, 4.69) is 10.3 Å². The van der Waals surface area contributed by atoms with E-state index in [-0.39, 0.29) is 17.7 Å². The lowest BCUT2D eigenvalue weighted by Crippen LogP contribution is -2.43. The fraction of sp³-hybridized carbons (Fsp3) is 0.632. The number of ether oxygens (including phenoxy) is 2. The van der Waals surface area contributed by atoms with Gasteiger partial charge >= 0.3 is 0 Å². The van der Waals surface area contributed by atoms with Gasteiger partial charge in [-0.1, -0.05) is 13.3 Å². The standard InChI is InChI=1S/C19H26N2O5S/c1-3-4-14(20-18(24)15-10-27-19(21-15)11(2)22)16-7-13(8-17(23)26-16)25-9-12-5-6-12/h7-8,12,14-15,17,23H,3-6,9-10H2,1-2H3,(H,20,24)/t14-,15+,17?/m1/s1. The average Bonchev–Trinajstić information content (AvgIpc) is 3.32. The van der Waals surface area contributed by atoms with E-state index >= 15 is 0 Å². The highest BCUT2D eigenvalue weighted by Crippen LogP contribution is 2.30. The van der Waals surface area contributed by atoms with Crippen LogP contribution in [0.1, 0.15) is 39.5 Å². The average molecular weight is 394 g/mol. The van der Waals surface area contributed by atoms with E-state index in [9.17, 15) is 14.7 Å². The molecule has 0 spiro atoms. The summed E-state index contributed by atoms with van der Waals surface area (Å²) in [7, 11) is 0. The lowest BCUT2D eigenvalue weighted by atomic mass is 10.1. The van der Waals surface area contributed by atoms with Gasteiger partial charge in [-0.15, -0.1) is 11.8 Å². The Hall–Kier alpha value is -1.80. The summed E-state index contributed by atoms with van der Waals surface area (Å²) in [4.78, 5) is 28.2. The maximum atomic E-state index is 12.6. The van der Waals surface area contributed by atoms with E-state index < -0.39 is 12.3 Å². The summed E-state index contributed by atoms with van der Waals surface area (Å²) in [5, 5.41) is 13.3. The van der Waals surface area contributed by atoms with E-state index in [1.54, 1.807) is 6.08 Å². The van der Waals surface area contributed by atoms with Gasteiger partial charge < -0.3 is 19.9 Å². The number of amides is 1. The number of rotatable bonds is 9. The Labute approximate surface area is 163 Å². The highest BCUT2D eigenvalue weighted by Gasteiger charge is 2.31. The molecule has 1 aliphatic carbocycles. The number of carbonyl (C=O) groups is 2. The van der Waals surface area contributed by atoms with Crippen molar-refractivity contribution >= 4 is 28.5 Å². The number of ketones is 1. The first-order chi connectivity index (χ1) is 13.0. The van der Waals surface area contributed by atoms with Crippen molar-refractivity contribution < 1.29 is 24.2 Å². The third-order valence-corrected chi connectivity index (χ3v) is 5.67. The fourth-order valence-corrected chi connectivity index (χ4v) is 3.80. The van der Waals surface area contributed by atoms with Crippen LogP contribution in [0.3, 0.4) is 0 Å². The third kappa shape index (κ3) is 5.59. The summed E-state index contributed by atoms with van der Waals surface area (Å²) in [6.45, 7) is 4.09. The van der Waals surface area contributed by atoms with Gasteiger partial charge in [0.2, 0.25) is 12.2 Å². The van der Waals surface area contributed by atoms with Crippen molar-refractivity contribution in [1.29, 1.82) is 0 Å². The summed E-state index contributed by atoms with van der Waals surface area (Å²) >= 11 is 1.30. The molecule has 0 aromatic carbocycles. The molecule has 27 heavy (non-hydrogen) atoms. The summed E-state index contributed by atoms with van der Waals surface area (Å²) in [6, 6.07) is -0.963. The predicted molar refractivity (Wildman–Crippen MR) is 103 cm³/mol. The van der Waals surface area contributed by atoms with E-state index in [0.717, 1.165) is 6.42 Å². The van der Waals surface area contributed by atoms with Crippen molar-refractivity contribution in [3.8, 4) is 0 Å². The second kappa shape index (κ2) is 8.93. The molecule has 1 unspecified atom stereocenters. The van der Waals surface area contributed by atoms with Crippen molar-refractivity contribution in [1.82, 2.24) is 5.32 Å². The SMILES string of the molecule is CCC[C@@H](NC(=O)[C@@H]1CSC(C(C)=O)=N1)C1=CC(OCC2CC2)=CC(O)O1. The van der Waals surface area contributed by atoms with E-state index in [4.69, 9.17) is 9.47 Å². The molecule has 2 N–H and O–H groups in total. The largest absolute Gasteiger partial charge is 0.493 e. The van der Waals surface area contributed by atoms with Gasteiger partial charge in [-0.3, -0.25) is 14.6 Å². The van der Waals surface area contributed by atoms with Gasteiger partial charge in [0.05, 0.1) is 12.6 Å². The zero-order chi connectivity index (χ0) is 19.4. The molecule has 1 fully saturated rings. The molecule has 7 nitrogen and oxygen atoms in total. The number of aliphatic imine (C=N–C) groups is 1. The Balaban J connectivity index is 1.65. The molecule has 1 saturated carbocycles. The van der Waals surface area contributed by atoms with Crippen LogP contribution in [0.5, 0.6) is 0 Å². The number of Topliss-reactive ketones (excluding diaryl/α,β-unsaturated/α-hetero) is 1. The highest BCUT2D eigenvalue weighted by molar-refractivity contribution is 8.16. The highest BCUT2D eigenvalue weighted by atomic mass is 32.2. The Morgan fingerprint density at radius 3 is 2.89 bits per heavy atom. The van der Waals surface area contributed by atoms with Gasteiger partial charge in [0.15, 0.2) is 5.78 Å². The maximum Gasteiger partial charge on any atom is 0.246 e. The number of carbonyl (C=O) groups excluding carboxylic acids is 2. The lowest BCUT2D eigenvalue weighted by Gasteiger charge is -2.27. The number of aliphatic hydroxyl groups excluding tert-OH is 1. The minimum Gasteiger partial charge on any atom is -0.493 e. The van der Waals surface area contributed by atoms with Crippen LogP contribution in [-0.2, 0) is 19.1 Å². The molecule has 8 heteroatoms. The van der Waals surface area contributed by atoms with E-state index in [1.165, 1.54) is 37.6 Å². The molecule has 3 rings (SSSR count). The second-order valence-corrected chi connectivity index (χ2v) is 8.05. The summed E-state index contributed by atoms with van der Waals surface area (Å²) in [6.07, 6.45) is 6.00. The quantitative estimate of drug-likeness (QED) is 0.620. The van der Waals surface area contributed by atoms with Crippen LogP contribution in [0.25, 0.3) is 0 Å². The van der Waals surface area contributed by atoms with Crippen LogP contribution >= 0.6 is 11.8 Å². The van der Waals surface area contributed by atoms with Crippen LogP contribution in [0.2, 0.25) is 0 Å². The molecule has 3 aliphatic rings. The number of aliphatic hydroxyl groups is 1. The fourth-order valence-electron chi connectivity index (χ4n) is 2.85. The topological polar surface area (TPSA) is 97.2 Å². The van der Waals surface area contributed by atoms with Gasteiger partial charge in [-0.05, 0) is 25.2 Å². The first-order valence-corrected chi connectivity index (χ1v) is 10.4. The van der Waals surface area contributed by atoms with Gasteiger partial charge in [0.1, 0.15) is 22.6 Å². The Morgan fingerprint density at radius 1 is 1.48 bits per heavy atom. The van der Waals surface area contributed by atoms with Crippen molar-refractivity contribution in [2.24, 2.45) is 10.9 Å². The second-order valence-electron chi connectivity index (χ2n) is 7.05. The van der Waals surface area contributed by atoms with Crippen LogP contribution in [-0.4, -0.2) is 52.6 Å². The summed E-state index contributed by atoms with van der Waals surface area (Å²) in [5.74, 6) is 1.74. The molecule has 0 aromatic heterocycles. The summed E-state index contributed by atoms with van der Waals surface area (Å²) < 4.78 is 11.3. The molecule has 148 valence electrons. The smallest absolute Gasteiger partial charge is 0.246 e. The number of thioether (sulfide) groups is 1. The van der Waals surface area contributed by atoms with Gasteiger partial charge in [-0.25, -0.2) is 0 Å². The molecule has 2 aliphatic heterocycles. The Kier molecular flexibility index (Phi) is 6.59. The maximum absolute atomic E-state index is 12.6. The van der Waals surface area contributed by atoms with Crippen molar-refractivity contribution in [2.45, 2.75) is 57.9 Å². The van der Waals surface area contributed by atoms with Crippen LogP contribution < -0.4 is 5.32 Å². The Morgan fingerprint density at radius 2 is 2.26 bits per heavy atom. The molecular formula is C19H26N2O5S. The van der Waals surface area contributed by atoms with Crippen molar-refractivity contribution in [3.05, 3.63) is 23.7 Å². The third-order valence-electron chi connectivity index (χ3n) is 4.52. The molecular weight excluding hydrogens is 368 g/mol. The Bertz CT molecular complexity index is 684. The molecule has 0 aromatic rings. The van der Waals surface area contributed by atoms with Crippen molar-refractivity contribution in [3.63, 3.8) is 0 Å². The number of nitrogens with one attached hydrogen (secondary N) is 1. The predicted octanol–water partition coefficient (Wildman–Crippen LogP) is 1.92. The van der Waals surface area contributed by atoms with Crippen LogP contribution in [0.15, 0.2) is 28.7 Å². The van der Waals surface area contributed by atoms with Gasteiger partial charge in [0.25, 0.3) is 0 Å². The number of hydrogen-bond acceptors (Lipinski definition) is 7. The van der Waals surface area contributed by atoms with Crippen LogP contribution in [0, 0.1) is 5.92 Å². The number of hydrogen-bond donors (Lipinski definition) is 2. The minimum absolute atomic E-state index is 0.121. The first kappa shape index (κ1) is 19.9. The van der Waals surface area contributed by atoms with E-state index in [1.807, 2.05) is 6.92 Å². The monoisotopic (exact) mass is 394 g/mol. The summed E-state index contributed by atoms with van der Waals surface area (Å²) in [5.41, 5.74) is 0. The van der Waals surface area contributed by atoms with Gasteiger partial charge in [-0.2, -0.15) is 0 Å². The zero-order valence-corrected chi connectivity index (χ0v) is 16.5. The number of nitrogens with zero attached hydrogens (tertiary/aromatic N) is 1. The van der Waals surface area contributed by atoms with Crippen LogP contribution in [0.4, 0.5) is 0 Å². The molecule has 0 saturated heterocycles. The molecule has 2 heterocycles.